The average Bonchev–Trinajstić information content (AvgIpc) is 3.13. The van der Waals surface area contributed by atoms with Crippen molar-refractivity contribution in [2.75, 3.05) is 6.61 Å². The number of hydrogen-bond donors (Lipinski definition) is 2. The molecule has 0 radical (unpaired) electrons. The van der Waals surface area contributed by atoms with Gasteiger partial charge in [-0.15, -0.1) is 0 Å². The van der Waals surface area contributed by atoms with Crippen LogP contribution in [0.3, 0.4) is 0 Å². The summed E-state index contributed by atoms with van der Waals surface area (Å²) in [6, 6.07) is 1.98. The van der Waals surface area contributed by atoms with E-state index in [0.29, 0.717) is 12.3 Å². The Morgan fingerprint density at radius 2 is 1.83 bits per heavy atom. The first-order chi connectivity index (χ1) is 13.9. The Hall–Kier alpha value is -1.75. The van der Waals surface area contributed by atoms with Gasteiger partial charge in [-0.25, -0.2) is 9.50 Å². The predicted molar refractivity (Wildman–Crippen MR) is 123 cm³/mol. The molecule has 2 aromatic heterocycles. The van der Waals surface area contributed by atoms with Crippen LogP contribution in [0.4, 0.5) is 0 Å². The van der Waals surface area contributed by atoms with E-state index in [1.165, 1.54) is 51.4 Å². The van der Waals surface area contributed by atoms with Gasteiger partial charge in [0.2, 0.25) is 0 Å². The highest BCUT2D eigenvalue weighted by Crippen LogP contribution is 2.26. The molecule has 0 aliphatic heterocycles. The second kappa shape index (κ2) is 14.3. The molecule has 1 fully saturated rings. The van der Waals surface area contributed by atoms with Crippen LogP contribution in [-0.4, -0.2) is 32.0 Å². The molecule has 1 aliphatic rings. The summed E-state index contributed by atoms with van der Waals surface area (Å²) in [5.41, 5.74) is 4.07. The number of aliphatic hydroxyl groups excluding tert-OH is 1. The fourth-order valence-electron chi connectivity index (χ4n) is 3.78. The maximum absolute atomic E-state index is 8.20. The molecule has 3 rings (SSSR count). The molecule has 1 aliphatic carbocycles. The number of rotatable bonds is 6. The molecular formula is C24H42N4O. The van der Waals surface area contributed by atoms with Gasteiger partial charge in [0.15, 0.2) is 5.65 Å². The Bertz CT molecular complexity index is 710. The van der Waals surface area contributed by atoms with Crippen molar-refractivity contribution in [3.05, 3.63) is 29.2 Å². The molecule has 2 heterocycles. The second-order valence-electron chi connectivity index (χ2n) is 8.18. The maximum atomic E-state index is 8.20. The van der Waals surface area contributed by atoms with E-state index in [9.17, 15) is 0 Å². The van der Waals surface area contributed by atoms with E-state index >= 15 is 0 Å². The van der Waals surface area contributed by atoms with Crippen LogP contribution in [0.2, 0.25) is 0 Å². The molecule has 0 aromatic carbocycles. The third kappa shape index (κ3) is 9.07. The molecule has 5 nitrogen and oxygen atoms in total. The van der Waals surface area contributed by atoms with E-state index in [0.717, 1.165) is 41.4 Å². The summed E-state index contributed by atoms with van der Waals surface area (Å²) in [5.74, 6) is 1.10. The minimum atomic E-state index is 0.355. The maximum Gasteiger partial charge on any atom is 0.164 e. The van der Waals surface area contributed by atoms with Crippen LogP contribution in [0.5, 0.6) is 0 Å². The summed E-state index contributed by atoms with van der Waals surface area (Å²) in [4.78, 5) is 4.38. The average molecular weight is 403 g/mol. The lowest BCUT2D eigenvalue weighted by atomic mass is 9.86. The van der Waals surface area contributed by atoms with Gasteiger partial charge in [0, 0.05) is 23.7 Å². The van der Waals surface area contributed by atoms with Crippen molar-refractivity contribution in [1.29, 1.82) is 5.41 Å². The Morgan fingerprint density at radius 1 is 1.14 bits per heavy atom. The third-order valence-corrected chi connectivity index (χ3v) is 5.37. The molecule has 0 saturated heterocycles. The number of aromatic nitrogens is 3. The summed E-state index contributed by atoms with van der Waals surface area (Å²) in [7, 11) is 0. The first-order valence-electron chi connectivity index (χ1n) is 11.4. The van der Waals surface area contributed by atoms with Gasteiger partial charge in [-0.1, -0.05) is 71.6 Å². The van der Waals surface area contributed by atoms with Gasteiger partial charge < -0.3 is 10.5 Å². The van der Waals surface area contributed by atoms with Crippen LogP contribution >= 0.6 is 0 Å². The third-order valence-electron chi connectivity index (χ3n) is 5.37. The van der Waals surface area contributed by atoms with Gasteiger partial charge >= 0.3 is 0 Å². The number of aliphatic hydroxyl groups is 1. The molecule has 0 unspecified atom stereocenters. The molecule has 0 spiro atoms. The number of nitrogens with zero attached hydrogens (tertiary/aromatic N) is 3. The van der Waals surface area contributed by atoms with Crippen LogP contribution in [0.15, 0.2) is 12.3 Å². The van der Waals surface area contributed by atoms with Crippen molar-refractivity contribution in [2.45, 2.75) is 98.8 Å². The van der Waals surface area contributed by atoms with E-state index in [4.69, 9.17) is 10.5 Å². The summed E-state index contributed by atoms with van der Waals surface area (Å²) in [6.07, 6.45) is 15.5. The fourth-order valence-corrected chi connectivity index (χ4v) is 3.78. The van der Waals surface area contributed by atoms with Gasteiger partial charge in [-0.05, 0) is 39.2 Å². The number of fused-ring (bicyclic) bond motifs is 1. The summed E-state index contributed by atoms with van der Waals surface area (Å²) in [6.45, 7) is 10.5. The smallest absolute Gasteiger partial charge is 0.164 e. The van der Waals surface area contributed by atoms with Crippen molar-refractivity contribution >= 4 is 11.4 Å². The van der Waals surface area contributed by atoms with E-state index in [-0.39, 0.29) is 0 Å². The zero-order valence-electron chi connectivity index (χ0n) is 19.3. The largest absolute Gasteiger partial charge is 0.396 e. The number of hydrogen-bond acceptors (Lipinski definition) is 4. The van der Waals surface area contributed by atoms with Gasteiger partial charge in [-0.2, -0.15) is 5.10 Å². The van der Waals surface area contributed by atoms with Crippen LogP contribution in [0.25, 0.3) is 5.65 Å². The van der Waals surface area contributed by atoms with Crippen LogP contribution < -0.4 is 0 Å². The van der Waals surface area contributed by atoms with Crippen LogP contribution in [0.1, 0.15) is 102 Å². The SMILES string of the molecule is CC(=N)c1cnn2c(C)cc(C)nc12.CCCC1CCCCC1.CCCCCO. The lowest BCUT2D eigenvalue weighted by Gasteiger charge is -2.20. The molecule has 2 aromatic rings. The molecule has 5 heteroatoms. The fraction of sp³-hybridized carbons (Fsp3) is 0.708. The van der Waals surface area contributed by atoms with Gasteiger partial charge in [0.05, 0.1) is 11.8 Å². The first kappa shape index (κ1) is 25.3. The van der Waals surface area contributed by atoms with Gasteiger partial charge in [0.1, 0.15) is 0 Å². The highest BCUT2D eigenvalue weighted by molar-refractivity contribution is 6.01. The Kier molecular flexibility index (Phi) is 12.4. The minimum absolute atomic E-state index is 0.355. The van der Waals surface area contributed by atoms with Crippen molar-refractivity contribution in [3.8, 4) is 0 Å². The monoisotopic (exact) mass is 402 g/mol. The highest BCUT2D eigenvalue weighted by atomic mass is 16.2. The van der Waals surface area contributed by atoms with Crippen LogP contribution in [0, 0.1) is 25.2 Å². The van der Waals surface area contributed by atoms with E-state index < -0.39 is 0 Å². The van der Waals surface area contributed by atoms with E-state index in [2.05, 4.69) is 23.9 Å². The second-order valence-corrected chi connectivity index (χ2v) is 8.18. The minimum Gasteiger partial charge on any atom is -0.396 e. The molecular weight excluding hydrogens is 360 g/mol. The van der Waals surface area contributed by atoms with Crippen molar-refractivity contribution < 1.29 is 5.11 Å². The van der Waals surface area contributed by atoms with Crippen molar-refractivity contribution in [1.82, 2.24) is 14.6 Å². The predicted octanol–water partition coefficient (Wildman–Crippen LogP) is 6.27. The summed E-state index contributed by atoms with van der Waals surface area (Å²) < 4.78 is 1.76. The molecule has 0 amide bonds. The quantitative estimate of drug-likeness (QED) is 0.442. The number of unbranched alkanes of at least 4 members (excludes halogenated alkanes) is 2. The van der Waals surface area contributed by atoms with Gasteiger partial charge in [-0.3, -0.25) is 0 Å². The Labute approximate surface area is 177 Å². The van der Waals surface area contributed by atoms with Gasteiger partial charge in [0.25, 0.3) is 0 Å². The highest BCUT2D eigenvalue weighted by Gasteiger charge is 2.11. The van der Waals surface area contributed by atoms with Crippen LogP contribution in [-0.2, 0) is 0 Å². The number of nitrogens with one attached hydrogen (secondary N) is 1. The van der Waals surface area contributed by atoms with Crippen molar-refractivity contribution in [3.63, 3.8) is 0 Å². The Balaban J connectivity index is 0.000000242. The lowest BCUT2D eigenvalue weighted by molar-refractivity contribution is 0.284. The van der Waals surface area contributed by atoms with E-state index in [1.54, 1.807) is 17.6 Å². The Morgan fingerprint density at radius 3 is 2.34 bits per heavy atom. The normalized spacial score (nSPS) is 14.0. The van der Waals surface area contributed by atoms with E-state index in [1.807, 2.05) is 19.9 Å². The first-order valence-corrected chi connectivity index (χ1v) is 11.4. The van der Waals surface area contributed by atoms with Crippen molar-refractivity contribution in [2.24, 2.45) is 5.92 Å². The molecule has 164 valence electrons. The number of aryl methyl sites for hydroxylation is 2. The molecule has 0 bridgehead atoms. The molecule has 2 N–H and O–H groups in total. The molecule has 0 atom stereocenters. The summed E-state index contributed by atoms with van der Waals surface area (Å²) in [5, 5.41) is 20.0. The topological polar surface area (TPSA) is 74.3 Å². The standard InChI is InChI=1S/C10H12N4.C9H18.C5H12O/c1-6-4-7(2)14-10(13-6)9(5-12-14)8(3)11;1-2-6-9-7-4-3-5-8-9;1-2-3-4-5-6/h4-5,11H,1-3H3;9H,2-8H2,1H3;6H,2-5H2,1H3. The summed E-state index contributed by atoms with van der Waals surface area (Å²) >= 11 is 0. The molecule has 29 heavy (non-hydrogen) atoms. The zero-order valence-corrected chi connectivity index (χ0v) is 19.3. The lowest BCUT2D eigenvalue weighted by Crippen LogP contribution is -2.04. The zero-order chi connectivity index (χ0) is 21.6. The molecule has 1 saturated carbocycles.